The monoisotopic (exact) mass is 393 g/mol. The van der Waals surface area contributed by atoms with Gasteiger partial charge in [0, 0.05) is 23.5 Å². The van der Waals surface area contributed by atoms with Crippen molar-refractivity contribution in [1.29, 1.82) is 0 Å². The van der Waals surface area contributed by atoms with Crippen molar-refractivity contribution in [2.24, 2.45) is 0 Å². The van der Waals surface area contributed by atoms with Gasteiger partial charge >= 0.3 is 0 Å². The number of carbonyl (C=O) groups excluding carboxylic acids is 1. The molecule has 0 saturated carbocycles. The topological polar surface area (TPSA) is 74.6 Å². The minimum atomic E-state index is -0.216. The smallest absolute Gasteiger partial charge is 0.226 e. The number of rotatable bonds is 5. The largest absolute Gasteiger partial charge is 0.493 e. The first-order valence-electron chi connectivity index (χ1n) is 9.31. The Morgan fingerprint density at radius 1 is 1.00 bits per heavy atom. The van der Waals surface area contributed by atoms with Crippen molar-refractivity contribution < 1.29 is 19.0 Å². The van der Waals surface area contributed by atoms with Gasteiger partial charge in [0.1, 0.15) is 5.82 Å². The molecule has 1 amide bonds. The van der Waals surface area contributed by atoms with Crippen molar-refractivity contribution in [3.05, 3.63) is 59.3 Å². The molecule has 1 N–H and O–H groups in total. The molecule has 150 valence electrons. The second-order valence-corrected chi connectivity index (χ2v) is 6.88. The first-order chi connectivity index (χ1) is 14.1. The van der Waals surface area contributed by atoms with Crippen LogP contribution < -0.4 is 19.5 Å². The Kier molecular flexibility index (Phi) is 4.88. The first-order valence-corrected chi connectivity index (χ1v) is 9.31. The first kappa shape index (κ1) is 18.9. The van der Waals surface area contributed by atoms with Crippen molar-refractivity contribution in [3.63, 3.8) is 0 Å². The number of benzene rings is 2. The number of aromatic nitrogens is 2. The third-order valence-electron chi connectivity index (χ3n) is 5.27. The molecule has 0 unspecified atom stereocenters. The van der Waals surface area contributed by atoms with Crippen molar-refractivity contribution in [2.75, 3.05) is 26.6 Å². The van der Waals surface area contributed by atoms with Gasteiger partial charge in [-0.1, -0.05) is 24.3 Å². The third-order valence-corrected chi connectivity index (χ3v) is 5.27. The molecule has 0 saturated heterocycles. The number of anilines is 1. The van der Waals surface area contributed by atoms with Crippen LogP contribution in [0.2, 0.25) is 0 Å². The van der Waals surface area contributed by atoms with Gasteiger partial charge in [-0.3, -0.25) is 4.79 Å². The van der Waals surface area contributed by atoms with Gasteiger partial charge < -0.3 is 19.5 Å². The zero-order valence-electron chi connectivity index (χ0n) is 16.9. The van der Waals surface area contributed by atoms with Gasteiger partial charge in [-0.2, -0.15) is 5.10 Å². The fraction of sp³-hybridized carbons (Fsp3) is 0.273. The highest BCUT2D eigenvalue weighted by atomic mass is 16.5. The van der Waals surface area contributed by atoms with E-state index in [1.165, 1.54) is 0 Å². The predicted octanol–water partition coefficient (Wildman–Crippen LogP) is 3.68. The van der Waals surface area contributed by atoms with Gasteiger partial charge in [-0.15, -0.1) is 0 Å². The van der Waals surface area contributed by atoms with Crippen LogP contribution in [0, 0.1) is 6.92 Å². The Balaban J connectivity index is 1.88. The van der Waals surface area contributed by atoms with Crippen LogP contribution in [0.15, 0.2) is 42.6 Å². The average molecular weight is 393 g/mol. The number of nitrogens with one attached hydrogen (secondary N) is 1. The summed E-state index contributed by atoms with van der Waals surface area (Å²) >= 11 is 0. The fourth-order valence-electron chi connectivity index (χ4n) is 3.88. The lowest BCUT2D eigenvalue weighted by atomic mass is 9.86. The van der Waals surface area contributed by atoms with E-state index < -0.39 is 0 Å². The van der Waals surface area contributed by atoms with E-state index in [-0.39, 0.29) is 18.2 Å². The molecule has 4 rings (SSSR count). The minimum Gasteiger partial charge on any atom is -0.493 e. The zero-order valence-corrected chi connectivity index (χ0v) is 16.9. The molecule has 7 nitrogen and oxygen atoms in total. The number of aryl methyl sites for hydroxylation is 1. The molecular weight excluding hydrogens is 370 g/mol. The maximum Gasteiger partial charge on any atom is 0.226 e. The third kappa shape index (κ3) is 3.08. The number of fused-ring (bicyclic) bond motifs is 1. The van der Waals surface area contributed by atoms with E-state index in [9.17, 15) is 4.79 Å². The molecule has 0 spiro atoms. The van der Waals surface area contributed by atoms with E-state index in [1.54, 1.807) is 26.0 Å². The molecule has 2 aromatic carbocycles. The number of carbonyl (C=O) groups is 1. The molecule has 0 aliphatic carbocycles. The van der Waals surface area contributed by atoms with Crippen LogP contribution in [0.4, 0.5) is 5.82 Å². The Hall–Kier alpha value is -3.48. The maximum atomic E-state index is 12.6. The Morgan fingerprint density at radius 3 is 2.45 bits per heavy atom. The van der Waals surface area contributed by atoms with Gasteiger partial charge in [0.2, 0.25) is 11.7 Å². The summed E-state index contributed by atoms with van der Waals surface area (Å²) in [5, 5.41) is 7.56. The molecule has 29 heavy (non-hydrogen) atoms. The summed E-state index contributed by atoms with van der Waals surface area (Å²) in [7, 11) is 4.73. The van der Waals surface area contributed by atoms with Gasteiger partial charge in [-0.25, -0.2) is 4.68 Å². The van der Waals surface area contributed by atoms with E-state index in [2.05, 4.69) is 10.4 Å². The fourth-order valence-corrected chi connectivity index (χ4v) is 3.88. The number of methoxy groups -OCH3 is 3. The summed E-state index contributed by atoms with van der Waals surface area (Å²) in [6.45, 7) is 2.02. The van der Waals surface area contributed by atoms with E-state index in [4.69, 9.17) is 14.2 Å². The SMILES string of the molecule is COc1ccc([C@@H]2CC(=O)Nc3c2cnn3-c2ccccc2C)c(OC)c1OC. The molecule has 3 aromatic rings. The predicted molar refractivity (Wildman–Crippen MR) is 109 cm³/mol. The molecule has 0 radical (unpaired) electrons. The summed E-state index contributed by atoms with van der Waals surface area (Å²) in [6.07, 6.45) is 2.10. The standard InChI is InChI=1S/C22H23N3O4/c1-13-7-5-6-8-17(13)25-22-16(12-23-25)15(11-19(26)24-22)14-9-10-18(27-2)21(29-4)20(14)28-3/h5-10,12,15H,11H2,1-4H3,(H,24,26)/t15-/m0/s1. The van der Waals surface area contributed by atoms with E-state index >= 15 is 0 Å². The Bertz CT molecular complexity index is 1070. The normalized spacial score (nSPS) is 15.4. The molecular formula is C22H23N3O4. The van der Waals surface area contributed by atoms with Crippen molar-refractivity contribution in [1.82, 2.24) is 9.78 Å². The summed E-state index contributed by atoms with van der Waals surface area (Å²) in [5.74, 6) is 2.02. The average Bonchev–Trinajstić information content (AvgIpc) is 3.15. The lowest BCUT2D eigenvalue weighted by molar-refractivity contribution is -0.116. The number of nitrogens with zero attached hydrogens (tertiary/aromatic N) is 2. The maximum absolute atomic E-state index is 12.6. The molecule has 7 heteroatoms. The second kappa shape index (κ2) is 7.50. The van der Waals surface area contributed by atoms with Crippen molar-refractivity contribution in [2.45, 2.75) is 19.3 Å². The summed E-state index contributed by atoms with van der Waals surface area (Å²) in [4.78, 5) is 12.6. The molecule has 1 aromatic heterocycles. The molecule has 2 heterocycles. The van der Waals surface area contributed by atoms with Gasteiger partial charge in [0.25, 0.3) is 0 Å². The van der Waals surface area contributed by atoms with Crippen LogP contribution in [-0.2, 0) is 4.79 Å². The number of hydrogen-bond acceptors (Lipinski definition) is 5. The van der Waals surface area contributed by atoms with Crippen molar-refractivity contribution >= 4 is 11.7 Å². The van der Waals surface area contributed by atoms with Gasteiger partial charge in [0.15, 0.2) is 11.5 Å². The van der Waals surface area contributed by atoms with E-state index in [0.717, 1.165) is 22.4 Å². The Morgan fingerprint density at radius 2 is 1.76 bits per heavy atom. The molecule has 1 atom stereocenters. The highest BCUT2D eigenvalue weighted by Crippen LogP contribution is 2.47. The van der Waals surface area contributed by atoms with E-state index in [0.29, 0.717) is 23.1 Å². The highest BCUT2D eigenvalue weighted by Gasteiger charge is 2.33. The lowest BCUT2D eigenvalue weighted by Crippen LogP contribution is -2.25. The summed E-state index contributed by atoms with van der Waals surface area (Å²) < 4.78 is 18.3. The van der Waals surface area contributed by atoms with Crippen LogP contribution >= 0.6 is 0 Å². The summed E-state index contributed by atoms with van der Waals surface area (Å²) in [6, 6.07) is 11.7. The van der Waals surface area contributed by atoms with Crippen LogP contribution in [0.1, 0.15) is 29.0 Å². The minimum absolute atomic E-state index is 0.0744. The van der Waals surface area contributed by atoms with Gasteiger partial charge in [0.05, 0.1) is 33.2 Å². The van der Waals surface area contributed by atoms with Crippen LogP contribution in [0.25, 0.3) is 5.69 Å². The summed E-state index contributed by atoms with van der Waals surface area (Å²) in [5.41, 5.74) is 3.77. The molecule has 1 aliphatic rings. The second-order valence-electron chi connectivity index (χ2n) is 6.88. The van der Waals surface area contributed by atoms with Crippen LogP contribution in [0.5, 0.6) is 17.2 Å². The highest BCUT2D eigenvalue weighted by molar-refractivity contribution is 5.95. The Labute approximate surface area is 169 Å². The number of ether oxygens (including phenoxy) is 3. The number of para-hydroxylation sites is 1. The quantitative estimate of drug-likeness (QED) is 0.716. The molecule has 0 fully saturated rings. The van der Waals surface area contributed by atoms with Crippen molar-refractivity contribution in [3.8, 4) is 22.9 Å². The van der Waals surface area contributed by atoms with Crippen LogP contribution in [-0.4, -0.2) is 37.0 Å². The van der Waals surface area contributed by atoms with Crippen LogP contribution in [0.3, 0.4) is 0 Å². The van der Waals surface area contributed by atoms with Gasteiger partial charge in [-0.05, 0) is 24.6 Å². The molecule has 0 bridgehead atoms. The molecule has 1 aliphatic heterocycles. The lowest BCUT2D eigenvalue weighted by Gasteiger charge is -2.26. The van der Waals surface area contributed by atoms with E-state index in [1.807, 2.05) is 49.5 Å². The number of hydrogen-bond donors (Lipinski definition) is 1. The number of amides is 1. The zero-order chi connectivity index (χ0) is 20.5.